The van der Waals surface area contributed by atoms with E-state index in [4.69, 9.17) is 11.6 Å². The van der Waals surface area contributed by atoms with Crippen molar-refractivity contribution in [1.82, 2.24) is 9.97 Å². The van der Waals surface area contributed by atoms with E-state index in [1.165, 1.54) is 11.1 Å². The van der Waals surface area contributed by atoms with Crippen molar-refractivity contribution in [1.29, 1.82) is 0 Å². The second-order valence-corrected chi connectivity index (χ2v) is 6.81. The van der Waals surface area contributed by atoms with Gasteiger partial charge in [-0.1, -0.05) is 45.0 Å². The van der Waals surface area contributed by atoms with Gasteiger partial charge in [-0.2, -0.15) is 0 Å². The Morgan fingerprint density at radius 1 is 1.05 bits per heavy atom. The molecule has 1 heterocycles. The first-order valence-electron chi connectivity index (χ1n) is 6.15. The minimum Gasteiger partial charge on any atom is -0.225 e. The van der Waals surface area contributed by atoms with Crippen molar-refractivity contribution < 1.29 is 0 Å². The van der Waals surface area contributed by atoms with E-state index < -0.39 is 0 Å². The summed E-state index contributed by atoms with van der Waals surface area (Å²) in [5, 5.41) is 0.291. The molecule has 0 atom stereocenters. The van der Waals surface area contributed by atoms with Crippen molar-refractivity contribution in [2.45, 2.75) is 36.8 Å². The van der Waals surface area contributed by atoms with E-state index in [9.17, 15) is 0 Å². The minimum absolute atomic E-state index is 0.204. The Hall–Kier alpha value is -1.06. The molecule has 0 bridgehead atoms. The molecule has 1 aromatic carbocycles. The fraction of sp³-hybridized carbons (Fsp3) is 0.333. The molecule has 0 saturated carbocycles. The van der Waals surface area contributed by atoms with Crippen LogP contribution < -0.4 is 0 Å². The molecule has 0 aliphatic carbocycles. The van der Waals surface area contributed by atoms with Crippen LogP contribution in [-0.4, -0.2) is 9.97 Å². The summed E-state index contributed by atoms with van der Waals surface area (Å²) >= 11 is 7.37. The fourth-order valence-electron chi connectivity index (χ4n) is 1.64. The number of aromatic nitrogens is 2. The van der Waals surface area contributed by atoms with Gasteiger partial charge in [0.2, 0.25) is 5.28 Å². The van der Waals surface area contributed by atoms with Crippen LogP contribution in [0.15, 0.2) is 41.6 Å². The first kappa shape index (κ1) is 14.4. The topological polar surface area (TPSA) is 25.8 Å². The lowest BCUT2D eigenvalue weighted by molar-refractivity contribution is 0.590. The van der Waals surface area contributed by atoms with E-state index >= 15 is 0 Å². The number of thioether (sulfide) groups is 1. The second kappa shape index (κ2) is 5.93. The molecule has 0 amide bonds. The summed E-state index contributed by atoms with van der Waals surface area (Å²) in [5.41, 5.74) is 2.86. The summed E-state index contributed by atoms with van der Waals surface area (Å²) in [7, 11) is 0. The van der Waals surface area contributed by atoms with E-state index in [-0.39, 0.29) is 5.41 Å². The maximum absolute atomic E-state index is 5.66. The maximum atomic E-state index is 5.66. The SMILES string of the molecule is CC(C)(C)c1ccc(CSc2cnc(Cl)nc2)cc1. The Balaban J connectivity index is 1.98. The van der Waals surface area contributed by atoms with Gasteiger partial charge in [0.15, 0.2) is 0 Å². The summed E-state index contributed by atoms with van der Waals surface area (Å²) < 4.78 is 0. The van der Waals surface area contributed by atoms with Crippen LogP contribution in [0.2, 0.25) is 5.28 Å². The zero-order chi connectivity index (χ0) is 13.9. The Morgan fingerprint density at radius 3 is 2.16 bits per heavy atom. The van der Waals surface area contributed by atoms with E-state index in [1.807, 2.05) is 0 Å². The van der Waals surface area contributed by atoms with Crippen LogP contribution in [0.1, 0.15) is 31.9 Å². The molecule has 2 nitrogen and oxygen atoms in total. The van der Waals surface area contributed by atoms with Gasteiger partial charge in [0, 0.05) is 23.0 Å². The van der Waals surface area contributed by atoms with Crippen molar-refractivity contribution in [3.05, 3.63) is 53.1 Å². The molecule has 0 saturated heterocycles. The molecular formula is C15H17ClN2S. The first-order chi connectivity index (χ1) is 8.95. The molecule has 2 rings (SSSR count). The van der Waals surface area contributed by atoms with Crippen LogP contribution in [0, 0.1) is 0 Å². The van der Waals surface area contributed by atoms with Crippen molar-refractivity contribution in [2.24, 2.45) is 0 Å². The molecule has 1 aromatic heterocycles. The molecule has 100 valence electrons. The van der Waals surface area contributed by atoms with Crippen molar-refractivity contribution >= 4 is 23.4 Å². The number of hydrogen-bond donors (Lipinski definition) is 0. The van der Waals surface area contributed by atoms with Crippen LogP contribution in [0.3, 0.4) is 0 Å². The lowest BCUT2D eigenvalue weighted by atomic mass is 9.87. The largest absolute Gasteiger partial charge is 0.225 e. The fourth-order valence-corrected chi connectivity index (χ4v) is 2.52. The Kier molecular flexibility index (Phi) is 4.48. The van der Waals surface area contributed by atoms with Crippen LogP contribution >= 0.6 is 23.4 Å². The lowest BCUT2D eigenvalue weighted by Crippen LogP contribution is -2.10. The Bertz CT molecular complexity index is 530. The maximum Gasteiger partial charge on any atom is 0.222 e. The number of benzene rings is 1. The monoisotopic (exact) mass is 292 g/mol. The predicted molar refractivity (Wildman–Crippen MR) is 81.7 cm³/mol. The molecule has 0 N–H and O–H groups in total. The summed E-state index contributed by atoms with van der Waals surface area (Å²) in [6, 6.07) is 8.78. The Morgan fingerprint density at radius 2 is 1.63 bits per heavy atom. The molecule has 0 fully saturated rings. The van der Waals surface area contributed by atoms with Gasteiger partial charge >= 0.3 is 0 Å². The average molecular weight is 293 g/mol. The van der Waals surface area contributed by atoms with E-state index in [1.54, 1.807) is 24.2 Å². The van der Waals surface area contributed by atoms with E-state index in [0.717, 1.165) is 10.6 Å². The van der Waals surface area contributed by atoms with Gasteiger partial charge in [0.1, 0.15) is 0 Å². The third-order valence-electron chi connectivity index (χ3n) is 2.82. The van der Waals surface area contributed by atoms with Gasteiger partial charge in [0.05, 0.1) is 0 Å². The standard InChI is InChI=1S/C15H17ClN2S/c1-15(2,3)12-6-4-11(5-7-12)10-19-13-8-17-14(16)18-9-13/h4-9H,10H2,1-3H3. The van der Waals surface area contributed by atoms with Gasteiger partial charge in [-0.25, -0.2) is 9.97 Å². The van der Waals surface area contributed by atoms with Crippen molar-refractivity contribution in [3.63, 3.8) is 0 Å². The summed E-state index contributed by atoms with van der Waals surface area (Å²) in [4.78, 5) is 8.97. The number of hydrogen-bond acceptors (Lipinski definition) is 3. The van der Waals surface area contributed by atoms with Crippen LogP contribution in [0.5, 0.6) is 0 Å². The molecule has 19 heavy (non-hydrogen) atoms. The summed E-state index contributed by atoms with van der Waals surface area (Å²) in [6.07, 6.45) is 3.51. The lowest BCUT2D eigenvalue weighted by Gasteiger charge is -2.19. The Labute approximate surface area is 123 Å². The van der Waals surface area contributed by atoms with Crippen LogP contribution in [-0.2, 0) is 11.2 Å². The highest BCUT2D eigenvalue weighted by molar-refractivity contribution is 7.98. The van der Waals surface area contributed by atoms with Gasteiger partial charge in [0.25, 0.3) is 0 Å². The molecule has 0 unspecified atom stereocenters. The van der Waals surface area contributed by atoms with E-state index in [0.29, 0.717) is 5.28 Å². The molecule has 0 aliphatic rings. The van der Waals surface area contributed by atoms with Crippen LogP contribution in [0.25, 0.3) is 0 Å². The highest BCUT2D eigenvalue weighted by Gasteiger charge is 2.12. The number of halogens is 1. The molecule has 0 radical (unpaired) electrons. The summed E-state index contributed by atoms with van der Waals surface area (Å²) in [5.74, 6) is 0.912. The number of rotatable bonds is 3. The highest BCUT2D eigenvalue weighted by Crippen LogP contribution is 2.25. The minimum atomic E-state index is 0.204. The average Bonchev–Trinajstić information content (AvgIpc) is 2.37. The van der Waals surface area contributed by atoms with Crippen molar-refractivity contribution in [2.75, 3.05) is 0 Å². The quantitative estimate of drug-likeness (QED) is 0.605. The zero-order valence-corrected chi connectivity index (χ0v) is 12.9. The van der Waals surface area contributed by atoms with Gasteiger partial charge in [-0.3, -0.25) is 0 Å². The normalized spacial score (nSPS) is 11.6. The molecule has 0 spiro atoms. The van der Waals surface area contributed by atoms with Gasteiger partial charge in [-0.05, 0) is 28.1 Å². The zero-order valence-electron chi connectivity index (χ0n) is 11.4. The van der Waals surface area contributed by atoms with Gasteiger partial charge in [-0.15, -0.1) is 11.8 Å². The second-order valence-electron chi connectivity index (χ2n) is 5.42. The van der Waals surface area contributed by atoms with Crippen molar-refractivity contribution in [3.8, 4) is 0 Å². The summed E-state index contributed by atoms with van der Waals surface area (Å²) in [6.45, 7) is 6.67. The molecule has 0 aliphatic heterocycles. The smallest absolute Gasteiger partial charge is 0.222 e. The highest BCUT2D eigenvalue weighted by atomic mass is 35.5. The predicted octanol–water partition coefficient (Wildman–Crippen LogP) is 4.72. The van der Waals surface area contributed by atoms with Gasteiger partial charge < -0.3 is 0 Å². The number of nitrogens with zero attached hydrogens (tertiary/aromatic N) is 2. The third kappa shape index (κ3) is 4.22. The first-order valence-corrected chi connectivity index (χ1v) is 7.51. The third-order valence-corrected chi connectivity index (χ3v) is 4.04. The molecule has 2 aromatic rings. The van der Waals surface area contributed by atoms with Crippen LogP contribution in [0.4, 0.5) is 0 Å². The molecule has 4 heteroatoms. The van der Waals surface area contributed by atoms with E-state index in [2.05, 4.69) is 55.0 Å². The molecular weight excluding hydrogens is 276 g/mol.